The Labute approximate surface area is 130 Å². The van der Waals surface area contributed by atoms with E-state index in [9.17, 15) is 9.18 Å². The molecule has 0 atom stereocenters. The summed E-state index contributed by atoms with van der Waals surface area (Å²) in [6, 6.07) is 13.7. The van der Waals surface area contributed by atoms with Crippen LogP contribution in [0.25, 0.3) is 33.4 Å². The standard InChI is InChI=1S/C18H12FN3O/c19-14-4-2-1-3-12(14)17-9-11(5-7-20-17)16-10-13-15(22-16)6-8-21-18(13)23/h1-10,22H,(H,21,23). The van der Waals surface area contributed by atoms with Crippen LogP contribution in [-0.2, 0) is 0 Å². The largest absolute Gasteiger partial charge is 0.354 e. The van der Waals surface area contributed by atoms with Gasteiger partial charge in [0.2, 0.25) is 0 Å². The molecule has 4 nitrogen and oxygen atoms in total. The van der Waals surface area contributed by atoms with Crippen LogP contribution < -0.4 is 5.56 Å². The third-order valence-electron chi connectivity index (χ3n) is 3.78. The molecule has 0 unspecified atom stereocenters. The Hall–Kier alpha value is -3.21. The number of nitrogens with one attached hydrogen (secondary N) is 2. The summed E-state index contributed by atoms with van der Waals surface area (Å²) in [7, 11) is 0. The molecule has 0 amide bonds. The highest BCUT2D eigenvalue weighted by molar-refractivity contribution is 5.85. The van der Waals surface area contributed by atoms with Crippen LogP contribution in [0.3, 0.4) is 0 Å². The Kier molecular flexibility index (Phi) is 3.05. The van der Waals surface area contributed by atoms with Gasteiger partial charge < -0.3 is 9.97 Å². The highest BCUT2D eigenvalue weighted by Gasteiger charge is 2.09. The lowest BCUT2D eigenvalue weighted by molar-refractivity contribution is 0.631. The number of nitrogens with zero attached hydrogens (tertiary/aromatic N) is 1. The van der Waals surface area contributed by atoms with E-state index in [1.54, 1.807) is 48.8 Å². The third kappa shape index (κ3) is 2.32. The van der Waals surface area contributed by atoms with Gasteiger partial charge in [-0.05, 0) is 36.4 Å². The van der Waals surface area contributed by atoms with Gasteiger partial charge in [-0.15, -0.1) is 0 Å². The Morgan fingerprint density at radius 1 is 1.04 bits per heavy atom. The molecule has 0 fully saturated rings. The van der Waals surface area contributed by atoms with E-state index in [1.165, 1.54) is 6.07 Å². The van der Waals surface area contributed by atoms with Crippen molar-refractivity contribution < 1.29 is 4.39 Å². The molecule has 0 aliphatic rings. The molecule has 0 radical (unpaired) electrons. The van der Waals surface area contributed by atoms with E-state index >= 15 is 0 Å². The van der Waals surface area contributed by atoms with Gasteiger partial charge in [0, 0.05) is 29.2 Å². The smallest absolute Gasteiger partial charge is 0.257 e. The Morgan fingerprint density at radius 2 is 1.91 bits per heavy atom. The van der Waals surface area contributed by atoms with E-state index in [4.69, 9.17) is 0 Å². The number of halogens is 1. The van der Waals surface area contributed by atoms with E-state index in [0.717, 1.165) is 16.8 Å². The van der Waals surface area contributed by atoms with Crippen LogP contribution in [0.4, 0.5) is 4.39 Å². The minimum atomic E-state index is -0.315. The van der Waals surface area contributed by atoms with Gasteiger partial charge >= 0.3 is 0 Å². The Balaban J connectivity index is 1.86. The lowest BCUT2D eigenvalue weighted by Crippen LogP contribution is -2.02. The van der Waals surface area contributed by atoms with Gasteiger partial charge in [-0.1, -0.05) is 12.1 Å². The topological polar surface area (TPSA) is 61.5 Å². The van der Waals surface area contributed by atoms with Crippen LogP contribution in [0.1, 0.15) is 0 Å². The van der Waals surface area contributed by atoms with Crippen molar-refractivity contribution >= 4 is 10.9 Å². The second-order valence-electron chi connectivity index (χ2n) is 5.23. The molecule has 23 heavy (non-hydrogen) atoms. The number of aromatic amines is 2. The molecule has 3 heterocycles. The number of aromatic nitrogens is 3. The molecule has 0 spiro atoms. The number of hydrogen-bond donors (Lipinski definition) is 2. The van der Waals surface area contributed by atoms with Gasteiger partial charge in [-0.2, -0.15) is 0 Å². The fourth-order valence-electron chi connectivity index (χ4n) is 2.64. The summed E-state index contributed by atoms with van der Waals surface area (Å²) in [5.41, 5.74) is 3.24. The maximum atomic E-state index is 13.9. The van der Waals surface area contributed by atoms with Crippen molar-refractivity contribution in [2.45, 2.75) is 0 Å². The first-order valence-electron chi connectivity index (χ1n) is 7.14. The average molecular weight is 305 g/mol. The quantitative estimate of drug-likeness (QED) is 0.593. The summed E-state index contributed by atoms with van der Waals surface area (Å²) < 4.78 is 13.9. The first kappa shape index (κ1) is 13.5. The van der Waals surface area contributed by atoms with E-state index in [-0.39, 0.29) is 11.4 Å². The van der Waals surface area contributed by atoms with Gasteiger partial charge in [0.25, 0.3) is 5.56 Å². The third-order valence-corrected chi connectivity index (χ3v) is 3.78. The molecule has 0 saturated heterocycles. The molecule has 4 rings (SSSR count). The lowest BCUT2D eigenvalue weighted by atomic mass is 10.1. The fraction of sp³-hybridized carbons (Fsp3) is 0. The van der Waals surface area contributed by atoms with Gasteiger partial charge in [0.15, 0.2) is 0 Å². The number of rotatable bonds is 2. The second kappa shape index (κ2) is 5.21. The molecule has 5 heteroatoms. The summed E-state index contributed by atoms with van der Waals surface area (Å²) in [4.78, 5) is 21.9. The number of hydrogen-bond acceptors (Lipinski definition) is 2. The van der Waals surface area contributed by atoms with Crippen LogP contribution in [0.2, 0.25) is 0 Å². The average Bonchev–Trinajstić information content (AvgIpc) is 3.01. The van der Waals surface area contributed by atoms with Crippen molar-refractivity contribution in [3.63, 3.8) is 0 Å². The van der Waals surface area contributed by atoms with Crippen LogP contribution >= 0.6 is 0 Å². The first-order valence-corrected chi connectivity index (χ1v) is 7.14. The number of H-pyrrole nitrogens is 2. The first-order chi connectivity index (χ1) is 11.2. The van der Waals surface area contributed by atoms with Crippen LogP contribution in [0, 0.1) is 5.82 Å². The molecule has 0 aliphatic heterocycles. The van der Waals surface area contributed by atoms with Crippen molar-refractivity contribution in [2.75, 3.05) is 0 Å². The van der Waals surface area contributed by atoms with Crippen LogP contribution in [-0.4, -0.2) is 15.0 Å². The molecule has 3 aromatic heterocycles. The van der Waals surface area contributed by atoms with Gasteiger partial charge in [-0.3, -0.25) is 9.78 Å². The van der Waals surface area contributed by atoms with Gasteiger partial charge in [0.1, 0.15) is 5.82 Å². The normalized spacial score (nSPS) is 11.0. The molecule has 112 valence electrons. The van der Waals surface area contributed by atoms with E-state index in [2.05, 4.69) is 15.0 Å². The van der Waals surface area contributed by atoms with E-state index in [0.29, 0.717) is 16.6 Å². The van der Waals surface area contributed by atoms with Crippen molar-refractivity contribution in [1.82, 2.24) is 15.0 Å². The monoisotopic (exact) mass is 305 g/mol. The van der Waals surface area contributed by atoms with Gasteiger partial charge in [-0.25, -0.2) is 4.39 Å². The number of benzene rings is 1. The van der Waals surface area contributed by atoms with E-state index < -0.39 is 0 Å². The fourth-order valence-corrected chi connectivity index (χ4v) is 2.64. The zero-order valence-electron chi connectivity index (χ0n) is 12.0. The molecular weight excluding hydrogens is 293 g/mol. The molecular formula is C18H12FN3O. The van der Waals surface area contributed by atoms with E-state index in [1.807, 2.05) is 6.07 Å². The molecule has 1 aromatic carbocycles. The lowest BCUT2D eigenvalue weighted by Gasteiger charge is -2.04. The van der Waals surface area contributed by atoms with Crippen molar-refractivity contribution in [3.05, 3.63) is 77.1 Å². The van der Waals surface area contributed by atoms with Crippen LogP contribution in [0.5, 0.6) is 0 Å². The molecule has 0 saturated carbocycles. The zero-order chi connectivity index (χ0) is 15.8. The maximum Gasteiger partial charge on any atom is 0.257 e. The number of fused-ring (bicyclic) bond motifs is 1. The highest BCUT2D eigenvalue weighted by atomic mass is 19.1. The summed E-state index contributed by atoms with van der Waals surface area (Å²) in [5, 5.41) is 0.590. The summed E-state index contributed by atoms with van der Waals surface area (Å²) >= 11 is 0. The van der Waals surface area contributed by atoms with Crippen molar-refractivity contribution in [1.29, 1.82) is 0 Å². The number of pyridine rings is 2. The molecule has 2 N–H and O–H groups in total. The predicted molar refractivity (Wildman–Crippen MR) is 87.5 cm³/mol. The second-order valence-corrected chi connectivity index (χ2v) is 5.23. The summed E-state index contributed by atoms with van der Waals surface area (Å²) in [6.07, 6.45) is 3.23. The highest BCUT2D eigenvalue weighted by Crippen LogP contribution is 2.27. The van der Waals surface area contributed by atoms with Crippen LogP contribution in [0.15, 0.2) is 65.7 Å². The minimum absolute atomic E-state index is 0.145. The Bertz CT molecular complexity index is 1070. The van der Waals surface area contributed by atoms with Gasteiger partial charge in [0.05, 0.1) is 16.6 Å². The molecule has 0 aliphatic carbocycles. The predicted octanol–water partition coefficient (Wildman–Crippen LogP) is 3.72. The SMILES string of the molecule is O=c1[nH]ccc2[nH]c(-c3ccnc(-c4ccccc4F)c3)cc12. The molecule has 0 bridgehead atoms. The summed E-state index contributed by atoms with van der Waals surface area (Å²) in [6.45, 7) is 0. The minimum Gasteiger partial charge on any atom is -0.354 e. The summed E-state index contributed by atoms with van der Waals surface area (Å²) in [5.74, 6) is -0.315. The Morgan fingerprint density at radius 3 is 2.74 bits per heavy atom. The van der Waals surface area contributed by atoms with Crippen molar-refractivity contribution in [2.24, 2.45) is 0 Å². The maximum absolute atomic E-state index is 13.9. The van der Waals surface area contributed by atoms with Crippen molar-refractivity contribution in [3.8, 4) is 22.5 Å². The zero-order valence-corrected chi connectivity index (χ0v) is 12.0. The molecule has 4 aromatic rings.